The number of hydrogen-bond acceptors (Lipinski definition) is 7. The van der Waals surface area contributed by atoms with Gasteiger partial charge in [-0.3, -0.25) is 4.79 Å². The molecule has 35 heavy (non-hydrogen) atoms. The number of piperidine rings is 1. The molecule has 2 aromatic carbocycles. The molecule has 0 atom stereocenters. The van der Waals surface area contributed by atoms with Crippen molar-refractivity contribution in [1.82, 2.24) is 19.8 Å². The first-order chi connectivity index (χ1) is 16.4. The van der Waals surface area contributed by atoms with Crippen molar-refractivity contribution in [2.24, 2.45) is 0 Å². The fraction of sp³-hybridized carbons (Fsp3) is 0.417. The van der Waals surface area contributed by atoms with Crippen LogP contribution in [0.15, 0.2) is 47.4 Å². The van der Waals surface area contributed by atoms with E-state index in [1.807, 2.05) is 18.2 Å². The van der Waals surface area contributed by atoms with E-state index >= 15 is 0 Å². The van der Waals surface area contributed by atoms with Gasteiger partial charge >= 0.3 is 6.29 Å². The van der Waals surface area contributed by atoms with Gasteiger partial charge in [-0.15, -0.1) is 21.2 Å². The molecule has 0 amide bonds. The van der Waals surface area contributed by atoms with E-state index in [0.29, 0.717) is 24.9 Å². The van der Waals surface area contributed by atoms with Crippen molar-refractivity contribution in [3.63, 3.8) is 0 Å². The predicted molar refractivity (Wildman–Crippen MR) is 129 cm³/mol. The molecule has 1 fully saturated rings. The molecule has 3 heterocycles. The summed E-state index contributed by atoms with van der Waals surface area (Å²) in [5, 5.41) is 3.50. The molecular weight excluding hydrogens is 482 g/mol. The van der Waals surface area contributed by atoms with E-state index in [1.165, 1.54) is 12.3 Å². The van der Waals surface area contributed by atoms with Crippen LogP contribution in [-0.2, 0) is 13.1 Å². The van der Waals surface area contributed by atoms with Gasteiger partial charge in [0.2, 0.25) is 0 Å². The summed E-state index contributed by atoms with van der Waals surface area (Å²) in [5.74, 6) is 0.814. The molecule has 0 radical (unpaired) electrons. The van der Waals surface area contributed by atoms with Gasteiger partial charge in [0.1, 0.15) is 5.75 Å². The third-order valence-corrected chi connectivity index (χ3v) is 6.34. The zero-order valence-electron chi connectivity index (χ0n) is 19.2. The minimum atomic E-state index is -3.60. The number of likely N-dealkylation sites (tertiary alicyclic amines) is 1. The van der Waals surface area contributed by atoms with Crippen LogP contribution in [0, 0.1) is 0 Å². The maximum Gasteiger partial charge on any atom is 0.586 e. The molecule has 0 saturated carbocycles. The molecule has 8 nitrogen and oxygen atoms in total. The van der Waals surface area contributed by atoms with E-state index in [2.05, 4.69) is 24.7 Å². The van der Waals surface area contributed by atoms with Crippen LogP contribution in [0.4, 0.5) is 8.78 Å². The second kappa shape index (κ2) is 10.3. The average molecular weight is 509 g/mol. The Bertz CT molecular complexity index is 1250. The van der Waals surface area contributed by atoms with Gasteiger partial charge in [0, 0.05) is 31.7 Å². The van der Waals surface area contributed by atoms with Crippen molar-refractivity contribution < 1.29 is 23.0 Å². The number of benzene rings is 2. The second-order valence-corrected chi connectivity index (χ2v) is 8.55. The summed E-state index contributed by atoms with van der Waals surface area (Å²) in [6, 6.07) is 10.7. The highest BCUT2D eigenvalue weighted by molar-refractivity contribution is 5.85. The SMILES string of the molecule is COc1ccc2ncc(=O)n(CCN3CCC(NCc4ccc5c(c4)OC(F)(F)O5)CC3)c2c1.Cl. The van der Waals surface area contributed by atoms with Crippen molar-refractivity contribution in [2.45, 2.75) is 38.3 Å². The maximum absolute atomic E-state index is 13.2. The van der Waals surface area contributed by atoms with Crippen LogP contribution in [0.25, 0.3) is 11.0 Å². The molecular formula is C24H27ClF2N4O4. The van der Waals surface area contributed by atoms with Gasteiger partial charge in [-0.25, -0.2) is 4.98 Å². The third-order valence-electron chi connectivity index (χ3n) is 6.34. The quantitative estimate of drug-likeness (QED) is 0.524. The van der Waals surface area contributed by atoms with E-state index in [1.54, 1.807) is 23.8 Å². The number of halogens is 3. The predicted octanol–water partition coefficient (Wildman–Crippen LogP) is 3.40. The molecule has 0 unspecified atom stereocenters. The highest BCUT2D eigenvalue weighted by Crippen LogP contribution is 2.41. The van der Waals surface area contributed by atoms with Crippen molar-refractivity contribution in [3.05, 3.63) is 58.5 Å². The van der Waals surface area contributed by atoms with Gasteiger partial charge in [-0.1, -0.05) is 6.07 Å². The summed E-state index contributed by atoms with van der Waals surface area (Å²) in [6.45, 7) is 3.72. The Kier molecular flexibility index (Phi) is 7.44. The van der Waals surface area contributed by atoms with Crippen LogP contribution >= 0.6 is 12.4 Å². The van der Waals surface area contributed by atoms with Crippen LogP contribution in [0.1, 0.15) is 18.4 Å². The van der Waals surface area contributed by atoms with E-state index in [0.717, 1.165) is 49.1 Å². The molecule has 2 aliphatic rings. The summed E-state index contributed by atoms with van der Waals surface area (Å²) >= 11 is 0. The largest absolute Gasteiger partial charge is 0.586 e. The van der Waals surface area contributed by atoms with Crippen molar-refractivity contribution >= 4 is 23.4 Å². The number of ether oxygens (including phenoxy) is 3. The monoisotopic (exact) mass is 508 g/mol. The summed E-state index contributed by atoms with van der Waals surface area (Å²) in [4.78, 5) is 19.0. The molecule has 3 aromatic rings. The number of nitrogens with one attached hydrogen (secondary N) is 1. The lowest BCUT2D eigenvalue weighted by atomic mass is 10.0. The maximum atomic E-state index is 13.2. The molecule has 2 aliphatic heterocycles. The Morgan fingerprint density at radius 2 is 1.89 bits per heavy atom. The van der Waals surface area contributed by atoms with Crippen molar-refractivity contribution in [2.75, 3.05) is 26.7 Å². The Morgan fingerprint density at radius 1 is 1.11 bits per heavy atom. The highest BCUT2D eigenvalue weighted by atomic mass is 35.5. The fourth-order valence-electron chi connectivity index (χ4n) is 4.47. The number of rotatable bonds is 7. The molecule has 1 saturated heterocycles. The molecule has 11 heteroatoms. The van der Waals surface area contributed by atoms with Crippen LogP contribution < -0.4 is 25.1 Å². The van der Waals surface area contributed by atoms with E-state index < -0.39 is 6.29 Å². The summed E-state index contributed by atoms with van der Waals surface area (Å²) in [5.41, 5.74) is 2.26. The number of nitrogens with zero attached hydrogens (tertiary/aromatic N) is 3. The normalized spacial score (nSPS) is 17.3. The lowest BCUT2D eigenvalue weighted by Crippen LogP contribution is -2.43. The summed E-state index contributed by atoms with van der Waals surface area (Å²) < 4.78 is 42.4. The van der Waals surface area contributed by atoms with Gasteiger partial charge in [-0.05, 0) is 55.8 Å². The van der Waals surface area contributed by atoms with Crippen molar-refractivity contribution in [3.8, 4) is 17.2 Å². The highest BCUT2D eigenvalue weighted by Gasteiger charge is 2.43. The van der Waals surface area contributed by atoms with Gasteiger partial charge in [-0.2, -0.15) is 0 Å². The van der Waals surface area contributed by atoms with Crippen LogP contribution in [0.5, 0.6) is 17.2 Å². The first-order valence-electron chi connectivity index (χ1n) is 11.3. The topological polar surface area (TPSA) is 77.9 Å². The van der Waals surface area contributed by atoms with Crippen LogP contribution in [-0.4, -0.2) is 53.5 Å². The number of fused-ring (bicyclic) bond motifs is 2. The molecule has 188 valence electrons. The number of aromatic nitrogens is 2. The Labute approximate surface area is 207 Å². The Hall–Kier alpha value is -2.95. The van der Waals surface area contributed by atoms with E-state index in [4.69, 9.17) is 4.74 Å². The number of alkyl halides is 2. The molecule has 1 aromatic heterocycles. The fourth-order valence-corrected chi connectivity index (χ4v) is 4.47. The first-order valence-corrected chi connectivity index (χ1v) is 11.3. The molecule has 0 bridgehead atoms. The Morgan fingerprint density at radius 3 is 2.66 bits per heavy atom. The molecule has 1 N–H and O–H groups in total. The minimum Gasteiger partial charge on any atom is -0.497 e. The summed E-state index contributed by atoms with van der Waals surface area (Å²) in [6.07, 6.45) is -0.311. The number of methoxy groups -OCH3 is 1. The van der Waals surface area contributed by atoms with Gasteiger partial charge in [0.05, 0.1) is 24.3 Å². The van der Waals surface area contributed by atoms with E-state index in [-0.39, 0.29) is 29.5 Å². The third kappa shape index (κ3) is 5.66. The van der Waals surface area contributed by atoms with Gasteiger partial charge in [0.25, 0.3) is 5.56 Å². The van der Waals surface area contributed by atoms with Crippen LogP contribution in [0.3, 0.4) is 0 Å². The lowest BCUT2D eigenvalue weighted by Gasteiger charge is -2.32. The average Bonchev–Trinajstić information content (AvgIpc) is 3.15. The van der Waals surface area contributed by atoms with Gasteiger partial charge in [0.15, 0.2) is 11.5 Å². The van der Waals surface area contributed by atoms with Crippen LogP contribution in [0.2, 0.25) is 0 Å². The standard InChI is InChI=1S/C24H26F2N4O4.ClH/c1-32-18-3-4-19-20(13-18)30(23(31)15-28-19)11-10-29-8-6-17(7-9-29)27-14-16-2-5-21-22(12-16)34-24(25,26)33-21;/h2-5,12-13,15,17,27H,6-11,14H2,1H3;1H. The molecule has 5 rings (SSSR count). The van der Waals surface area contributed by atoms with Crippen molar-refractivity contribution in [1.29, 1.82) is 0 Å². The number of hydrogen-bond donors (Lipinski definition) is 1. The molecule has 0 aliphatic carbocycles. The lowest BCUT2D eigenvalue weighted by molar-refractivity contribution is -0.286. The smallest absolute Gasteiger partial charge is 0.497 e. The zero-order chi connectivity index (χ0) is 23.7. The van der Waals surface area contributed by atoms with E-state index in [9.17, 15) is 13.6 Å². The second-order valence-electron chi connectivity index (χ2n) is 8.55. The van der Waals surface area contributed by atoms with Gasteiger partial charge < -0.3 is 29.0 Å². The Balaban J connectivity index is 0.00000289. The molecule has 0 spiro atoms. The summed E-state index contributed by atoms with van der Waals surface area (Å²) in [7, 11) is 1.60. The first kappa shape index (κ1) is 25.2. The zero-order valence-corrected chi connectivity index (χ0v) is 20.0. The minimum absolute atomic E-state index is 0.